The average Bonchev–Trinajstić information content (AvgIpc) is 2.77. The van der Waals surface area contributed by atoms with Crippen molar-refractivity contribution in [3.05, 3.63) is 31.1 Å². The van der Waals surface area contributed by atoms with Crippen molar-refractivity contribution in [3.63, 3.8) is 0 Å². The first-order valence-electron chi connectivity index (χ1n) is 5.17. The molecule has 1 rings (SSSR count). The number of rotatable bonds is 6. The van der Waals surface area contributed by atoms with Gasteiger partial charge < -0.3 is 5.32 Å². The summed E-state index contributed by atoms with van der Waals surface area (Å²) in [4.78, 5) is 10.9. The highest BCUT2D eigenvalue weighted by molar-refractivity contribution is 5.86. The van der Waals surface area contributed by atoms with Gasteiger partial charge in [-0.15, -0.1) is 0 Å². The number of nitrogens with one attached hydrogen (secondary N) is 1. The maximum absolute atomic E-state index is 10.9. The molecule has 0 bridgehead atoms. The molecule has 1 heterocycles. The molecule has 0 saturated carbocycles. The van der Waals surface area contributed by atoms with E-state index in [0.717, 1.165) is 12.8 Å². The maximum atomic E-state index is 10.9. The average molecular weight is 207 g/mol. The van der Waals surface area contributed by atoms with Gasteiger partial charge in [0.25, 0.3) is 0 Å². The topological polar surface area (TPSA) is 46.9 Å². The van der Waals surface area contributed by atoms with E-state index in [0.29, 0.717) is 12.6 Å². The van der Waals surface area contributed by atoms with Crippen LogP contribution < -0.4 is 5.32 Å². The van der Waals surface area contributed by atoms with Crippen molar-refractivity contribution < 1.29 is 4.79 Å². The van der Waals surface area contributed by atoms with E-state index in [1.54, 1.807) is 6.20 Å². The zero-order valence-corrected chi connectivity index (χ0v) is 9.02. The van der Waals surface area contributed by atoms with Gasteiger partial charge in [0.1, 0.15) is 0 Å². The van der Waals surface area contributed by atoms with E-state index in [1.165, 1.54) is 6.08 Å². The summed E-state index contributed by atoms with van der Waals surface area (Å²) in [6.07, 6.45) is 6.90. The Morgan fingerprint density at radius 2 is 2.53 bits per heavy atom. The van der Waals surface area contributed by atoms with Crippen molar-refractivity contribution in [1.82, 2.24) is 15.1 Å². The molecule has 0 aliphatic rings. The van der Waals surface area contributed by atoms with E-state index < -0.39 is 0 Å². The number of carbonyl (C=O) groups is 1. The van der Waals surface area contributed by atoms with Gasteiger partial charge in [0.15, 0.2) is 0 Å². The third-order valence-electron chi connectivity index (χ3n) is 2.33. The van der Waals surface area contributed by atoms with Gasteiger partial charge in [0.05, 0.1) is 6.04 Å². The summed E-state index contributed by atoms with van der Waals surface area (Å²) in [5, 5.41) is 6.95. The minimum atomic E-state index is -0.120. The van der Waals surface area contributed by atoms with Gasteiger partial charge in [-0.05, 0) is 25.0 Å². The molecular formula is C11H17N3O. The lowest BCUT2D eigenvalue weighted by atomic mass is 10.1. The Balaban J connectivity index is 2.35. The molecule has 15 heavy (non-hydrogen) atoms. The van der Waals surface area contributed by atoms with Crippen LogP contribution in [0.15, 0.2) is 31.1 Å². The van der Waals surface area contributed by atoms with Crippen molar-refractivity contribution in [2.75, 3.05) is 6.54 Å². The molecule has 1 atom stereocenters. The SMILES string of the molecule is C=CC(=O)NCCC(CC)n1cccn1. The second-order valence-electron chi connectivity index (χ2n) is 3.33. The van der Waals surface area contributed by atoms with Crippen LogP contribution in [0.5, 0.6) is 0 Å². The lowest BCUT2D eigenvalue weighted by Gasteiger charge is -2.15. The second kappa shape index (κ2) is 6.01. The minimum absolute atomic E-state index is 0.120. The van der Waals surface area contributed by atoms with Crippen LogP contribution in [0.25, 0.3) is 0 Å². The summed E-state index contributed by atoms with van der Waals surface area (Å²) in [5.74, 6) is -0.120. The number of hydrogen-bond acceptors (Lipinski definition) is 2. The first-order valence-corrected chi connectivity index (χ1v) is 5.17. The summed E-state index contributed by atoms with van der Waals surface area (Å²) in [7, 11) is 0. The van der Waals surface area contributed by atoms with Crippen LogP contribution in [0, 0.1) is 0 Å². The quantitative estimate of drug-likeness (QED) is 0.719. The fourth-order valence-corrected chi connectivity index (χ4v) is 1.45. The third-order valence-corrected chi connectivity index (χ3v) is 2.33. The van der Waals surface area contributed by atoms with E-state index in [2.05, 4.69) is 23.9 Å². The molecule has 0 aliphatic heterocycles. The highest BCUT2D eigenvalue weighted by Crippen LogP contribution is 2.12. The normalized spacial score (nSPS) is 12.1. The molecular weight excluding hydrogens is 190 g/mol. The van der Waals surface area contributed by atoms with Gasteiger partial charge >= 0.3 is 0 Å². The minimum Gasteiger partial charge on any atom is -0.352 e. The molecule has 0 aromatic carbocycles. The number of aromatic nitrogens is 2. The van der Waals surface area contributed by atoms with E-state index in [9.17, 15) is 4.79 Å². The molecule has 0 saturated heterocycles. The zero-order chi connectivity index (χ0) is 11.1. The Morgan fingerprint density at radius 1 is 1.73 bits per heavy atom. The predicted octanol–water partition coefficient (Wildman–Crippen LogP) is 1.53. The Labute approximate surface area is 90.0 Å². The fraction of sp³-hybridized carbons (Fsp3) is 0.455. The second-order valence-corrected chi connectivity index (χ2v) is 3.33. The molecule has 4 nitrogen and oxygen atoms in total. The van der Waals surface area contributed by atoms with E-state index in [-0.39, 0.29) is 5.91 Å². The molecule has 0 fully saturated rings. The standard InChI is InChI=1S/C11H17N3O/c1-3-10(14-9-5-7-13-14)6-8-12-11(15)4-2/h4-5,7,9-10H,2-3,6,8H2,1H3,(H,12,15). The van der Waals surface area contributed by atoms with Crippen LogP contribution in [0.1, 0.15) is 25.8 Å². The summed E-state index contributed by atoms with van der Waals surface area (Å²) in [5.41, 5.74) is 0. The van der Waals surface area contributed by atoms with Crippen molar-refractivity contribution in [2.24, 2.45) is 0 Å². The van der Waals surface area contributed by atoms with Gasteiger partial charge in [-0.1, -0.05) is 13.5 Å². The number of nitrogens with zero attached hydrogens (tertiary/aromatic N) is 2. The lowest BCUT2D eigenvalue weighted by molar-refractivity contribution is -0.116. The first kappa shape index (κ1) is 11.5. The largest absolute Gasteiger partial charge is 0.352 e. The fourth-order valence-electron chi connectivity index (χ4n) is 1.45. The molecule has 0 spiro atoms. The van der Waals surface area contributed by atoms with Gasteiger partial charge in [0, 0.05) is 18.9 Å². The number of amides is 1. The molecule has 4 heteroatoms. The molecule has 1 aromatic heterocycles. The molecule has 1 N–H and O–H groups in total. The molecule has 82 valence electrons. The Bertz CT molecular complexity index is 306. The van der Waals surface area contributed by atoms with Crippen LogP contribution in [-0.2, 0) is 4.79 Å². The third kappa shape index (κ3) is 3.58. The molecule has 0 radical (unpaired) electrons. The van der Waals surface area contributed by atoms with Crippen molar-refractivity contribution in [2.45, 2.75) is 25.8 Å². The van der Waals surface area contributed by atoms with Crippen molar-refractivity contribution in [1.29, 1.82) is 0 Å². The van der Waals surface area contributed by atoms with Crippen LogP contribution >= 0.6 is 0 Å². The van der Waals surface area contributed by atoms with Crippen LogP contribution in [-0.4, -0.2) is 22.2 Å². The van der Waals surface area contributed by atoms with E-state index >= 15 is 0 Å². The first-order chi connectivity index (χ1) is 7.27. The van der Waals surface area contributed by atoms with Crippen LogP contribution in [0.2, 0.25) is 0 Å². The summed E-state index contributed by atoms with van der Waals surface area (Å²) in [6, 6.07) is 2.26. The molecule has 1 aromatic rings. The van der Waals surface area contributed by atoms with Gasteiger partial charge in [0.2, 0.25) is 5.91 Å². The highest BCUT2D eigenvalue weighted by Gasteiger charge is 2.08. The summed E-state index contributed by atoms with van der Waals surface area (Å²) >= 11 is 0. The van der Waals surface area contributed by atoms with E-state index in [4.69, 9.17) is 0 Å². The maximum Gasteiger partial charge on any atom is 0.243 e. The Hall–Kier alpha value is -1.58. The van der Waals surface area contributed by atoms with Gasteiger partial charge in [-0.2, -0.15) is 5.10 Å². The van der Waals surface area contributed by atoms with Crippen LogP contribution in [0.3, 0.4) is 0 Å². The molecule has 0 aliphatic carbocycles. The predicted molar refractivity (Wildman–Crippen MR) is 59.4 cm³/mol. The van der Waals surface area contributed by atoms with Crippen molar-refractivity contribution >= 4 is 5.91 Å². The van der Waals surface area contributed by atoms with Gasteiger partial charge in [-0.3, -0.25) is 9.48 Å². The smallest absolute Gasteiger partial charge is 0.243 e. The lowest BCUT2D eigenvalue weighted by Crippen LogP contribution is -2.24. The van der Waals surface area contributed by atoms with Crippen LogP contribution in [0.4, 0.5) is 0 Å². The van der Waals surface area contributed by atoms with Gasteiger partial charge in [-0.25, -0.2) is 0 Å². The monoisotopic (exact) mass is 207 g/mol. The van der Waals surface area contributed by atoms with Crippen molar-refractivity contribution in [3.8, 4) is 0 Å². The molecule has 1 amide bonds. The number of hydrogen-bond donors (Lipinski definition) is 1. The summed E-state index contributed by atoms with van der Waals surface area (Å²) in [6.45, 7) is 6.17. The summed E-state index contributed by atoms with van der Waals surface area (Å²) < 4.78 is 1.93. The number of carbonyl (C=O) groups excluding carboxylic acids is 1. The zero-order valence-electron chi connectivity index (χ0n) is 9.02. The Morgan fingerprint density at radius 3 is 3.07 bits per heavy atom. The van der Waals surface area contributed by atoms with E-state index in [1.807, 2.05) is 16.9 Å². The Kier molecular flexibility index (Phi) is 4.60. The highest BCUT2D eigenvalue weighted by atomic mass is 16.1. The molecule has 1 unspecified atom stereocenters.